The van der Waals surface area contributed by atoms with Gasteiger partial charge in [-0.15, -0.1) is 0 Å². The number of carbonyl (C=O) groups excluding carboxylic acids is 2. The number of nitrogens with two attached hydrogens (primary N) is 1. The number of anilines is 1. The Balaban J connectivity index is 2.00. The van der Waals surface area contributed by atoms with E-state index in [4.69, 9.17) is 31.5 Å². The van der Waals surface area contributed by atoms with Crippen LogP contribution in [0.15, 0.2) is 12.1 Å². The fourth-order valence-corrected chi connectivity index (χ4v) is 2.74. The van der Waals surface area contributed by atoms with Gasteiger partial charge < -0.3 is 24.8 Å². The van der Waals surface area contributed by atoms with E-state index >= 15 is 0 Å². The Bertz CT molecular complexity index is 627. The number of methoxy groups -OCH3 is 1. The van der Waals surface area contributed by atoms with Gasteiger partial charge in [-0.2, -0.15) is 0 Å². The molecule has 1 aromatic rings. The van der Waals surface area contributed by atoms with E-state index in [1.165, 1.54) is 19.2 Å². The van der Waals surface area contributed by atoms with E-state index in [2.05, 4.69) is 0 Å². The molecule has 0 radical (unpaired) electrons. The highest BCUT2D eigenvalue weighted by Gasteiger charge is 2.27. The molecule has 1 aliphatic heterocycles. The van der Waals surface area contributed by atoms with Crippen LogP contribution >= 0.6 is 11.6 Å². The monoisotopic (exact) mass is 356 g/mol. The molecule has 2 N–H and O–H groups in total. The van der Waals surface area contributed by atoms with E-state index in [1.807, 2.05) is 13.8 Å². The van der Waals surface area contributed by atoms with E-state index in [1.54, 1.807) is 4.90 Å². The lowest BCUT2D eigenvalue weighted by atomic mass is 10.2. The predicted octanol–water partition coefficient (Wildman–Crippen LogP) is 1.72. The lowest BCUT2D eigenvalue weighted by molar-refractivity contribution is -0.146. The average molecular weight is 357 g/mol. The summed E-state index contributed by atoms with van der Waals surface area (Å²) in [4.78, 5) is 26.0. The zero-order chi connectivity index (χ0) is 17.9. The van der Waals surface area contributed by atoms with Gasteiger partial charge in [-0.05, 0) is 19.9 Å². The van der Waals surface area contributed by atoms with E-state index in [-0.39, 0.29) is 46.7 Å². The minimum absolute atomic E-state index is 0.0515. The Morgan fingerprint density at radius 3 is 2.54 bits per heavy atom. The number of morpholine rings is 1. The van der Waals surface area contributed by atoms with Crippen molar-refractivity contribution in [3.05, 3.63) is 22.7 Å². The molecule has 2 atom stereocenters. The van der Waals surface area contributed by atoms with Gasteiger partial charge in [-0.1, -0.05) is 11.6 Å². The Labute approximate surface area is 145 Å². The van der Waals surface area contributed by atoms with E-state index in [0.717, 1.165) is 0 Å². The van der Waals surface area contributed by atoms with Crippen LogP contribution < -0.4 is 10.5 Å². The Morgan fingerprint density at radius 2 is 1.96 bits per heavy atom. The summed E-state index contributed by atoms with van der Waals surface area (Å²) in [6.07, 6.45) is -0.103. The number of benzene rings is 1. The van der Waals surface area contributed by atoms with Crippen molar-refractivity contribution in [3.63, 3.8) is 0 Å². The SMILES string of the molecule is COc1cc(N)c(Cl)cc1C(=O)OCC(=O)N1C[C@@H](C)O[C@H](C)C1. The fourth-order valence-electron chi connectivity index (χ4n) is 2.58. The molecule has 24 heavy (non-hydrogen) atoms. The highest BCUT2D eigenvalue weighted by Crippen LogP contribution is 2.29. The maximum atomic E-state index is 12.2. The van der Waals surface area contributed by atoms with E-state index in [9.17, 15) is 9.59 Å². The molecule has 2 rings (SSSR count). The van der Waals surface area contributed by atoms with Gasteiger partial charge in [0.15, 0.2) is 6.61 Å². The Hall–Kier alpha value is -1.99. The molecular weight excluding hydrogens is 336 g/mol. The molecule has 0 saturated carbocycles. The molecule has 1 heterocycles. The molecule has 0 unspecified atom stereocenters. The lowest BCUT2D eigenvalue weighted by Gasteiger charge is -2.35. The van der Waals surface area contributed by atoms with Crippen LogP contribution in [0.5, 0.6) is 5.75 Å². The maximum absolute atomic E-state index is 12.2. The van der Waals surface area contributed by atoms with E-state index < -0.39 is 5.97 Å². The number of esters is 1. The molecule has 1 amide bonds. The van der Waals surface area contributed by atoms with Crippen molar-refractivity contribution in [3.8, 4) is 5.75 Å². The fraction of sp³-hybridized carbons (Fsp3) is 0.500. The second-order valence-electron chi connectivity index (χ2n) is 5.71. The van der Waals surface area contributed by atoms with Crippen LogP contribution in [0.1, 0.15) is 24.2 Å². The second kappa shape index (κ2) is 7.72. The van der Waals surface area contributed by atoms with Crippen molar-refractivity contribution in [2.45, 2.75) is 26.1 Å². The van der Waals surface area contributed by atoms with Gasteiger partial charge in [0, 0.05) is 19.2 Å². The van der Waals surface area contributed by atoms with Crippen LogP contribution in [-0.2, 0) is 14.3 Å². The molecule has 0 aliphatic carbocycles. The number of carbonyl (C=O) groups is 2. The third-order valence-electron chi connectivity index (χ3n) is 3.64. The number of rotatable bonds is 4. The minimum atomic E-state index is -0.698. The Morgan fingerprint density at radius 1 is 1.33 bits per heavy atom. The largest absolute Gasteiger partial charge is 0.496 e. The van der Waals surface area contributed by atoms with Gasteiger partial charge >= 0.3 is 5.97 Å². The molecule has 1 aliphatic rings. The first-order valence-corrected chi connectivity index (χ1v) is 7.93. The van der Waals surface area contributed by atoms with Crippen molar-refractivity contribution in [2.75, 3.05) is 32.5 Å². The first kappa shape index (κ1) is 18.4. The summed E-state index contributed by atoms with van der Waals surface area (Å²) in [6, 6.07) is 2.80. The molecule has 0 spiro atoms. The first-order chi connectivity index (χ1) is 11.3. The van der Waals surface area contributed by atoms with Gasteiger partial charge in [0.1, 0.15) is 11.3 Å². The molecule has 1 aromatic carbocycles. The quantitative estimate of drug-likeness (QED) is 0.652. The number of hydrogen-bond acceptors (Lipinski definition) is 6. The summed E-state index contributed by atoms with van der Waals surface area (Å²) in [5, 5.41) is 0.213. The van der Waals surface area contributed by atoms with Crippen molar-refractivity contribution in [1.29, 1.82) is 0 Å². The number of nitrogens with zero attached hydrogens (tertiary/aromatic N) is 1. The molecule has 1 fully saturated rings. The second-order valence-corrected chi connectivity index (χ2v) is 6.11. The number of halogens is 1. The topological polar surface area (TPSA) is 91.1 Å². The summed E-state index contributed by atoms with van der Waals surface area (Å²) in [5.74, 6) is -0.731. The number of amides is 1. The first-order valence-electron chi connectivity index (χ1n) is 7.55. The van der Waals surface area contributed by atoms with Crippen molar-refractivity contribution in [2.24, 2.45) is 0 Å². The standard InChI is InChI=1S/C16H21ClN2O5/c1-9-6-19(7-10(2)24-9)15(20)8-23-16(21)11-4-12(17)13(18)5-14(11)22-3/h4-5,9-10H,6-8,18H2,1-3H3/t9-,10-/m1/s1. The van der Waals surface area contributed by atoms with Crippen LogP contribution in [0.25, 0.3) is 0 Å². The van der Waals surface area contributed by atoms with E-state index in [0.29, 0.717) is 13.1 Å². The molecule has 132 valence electrons. The minimum Gasteiger partial charge on any atom is -0.496 e. The van der Waals surface area contributed by atoms with Crippen LogP contribution in [0.3, 0.4) is 0 Å². The summed E-state index contributed by atoms with van der Waals surface area (Å²) in [6.45, 7) is 4.37. The van der Waals surface area contributed by atoms with Crippen LogP contribution in [0, 0.1) is 0 Å². The van der Waals surface area contributed by atoms with Crippen molar-refractivity contribution in [1.82, 2.24) is 4.90 Å². The third kappa shape index (κ3) is 4.30. The number of hydrogen-bond donors (Lipinski definition) is 1. The normalized spacial score (nSPS) is 20.6. The molecule has 0 aromatic heterocycles. The number of ether oxygens (including phenoxy) is 3. The molecule has 7 nitrogen and oxygen atoms in total. The summed E-state index contributed by atoms with van der Waals surface area (Å²) < 4.78 is 15.8. The van der Waals surface area contributed by atoms with Gasteiger partial charge in [0.05, 0.1) is 30.0 Å². The van der Waals surface area contributed by atoms with Crippen LogP contribution in [0.2, 0.25) is 5.02 Å². The molecule has 0 bridgehead atoms. The predicted molar refractivity (Wildman–Crippen MR) is 89.3 cm³/mol. The van der Waals surface area contributed by atoms with Gasteiger partial charge in [0.2, 0.25) is 0 Å². The van der Waals surface area contributed by atoms with Crippen molar-refractivity contribution >= 4 is 29.2 Å². The summed E-state index contributed by atoms with van der Waals surface area (Å²) in [5.41, 5.74) is 6.08. The van der Waals surface area contributed by atoms with Crippen LogP contribution in [-0.4, -0.2) is 55.8 Å². The van der Waals surface area contributed by atoms with Gasteiger partial charge in [-0.25, -0.2) is 4.79 Å². The van der Waals surface area contributed by atoms with Gasteiger partial charge in [0.25, 0.3) is 5.91 Å². The zero-order valence-corrected chi connectivity index (χ0v) is 14.6. The summed E-state index contributed by atoms with van der Waals surface area (Å²) >= 11 is 5.93. The average Bonchev–Trinajstić information content (AvgIpc) is 2.53. The lowest BCUT2D eigenvalue weighted by Crippen LogP contribution is -2.49. The maximum Gasteiger partial charge on any atom is 0.342 e. The van der Waals surface area contributed by atoms with Crippen molar-refractivity contribution < 1.29 is 23.8 Å². The smallest absolute Gasteiger partial charge is 0.342 e. The third-order valence-corrected chi connectivity index (χ3v) is 3.97. The molecule has 8 heteroatoms. The number of nitrogen functional groups attached to an aromatic ring is 1. The zero-order valence-electron chi connectivity index (χ0n) is 13.9. The highest BCUT2D eigenvalue weighted by atomic mass is 35.5. The van der Waals surface area contributed by atoms with Crippen LogP contribution in [0.4, 0.5) is 5.69 Å². The molecule has 1 saturated heterocycles. The summed E-state index contributed by atoms with van der Waals surface area (Å²) in [7, 11) is 1.40. The highest BCUT2D eigenvalue weighted by molar-refractivity contribution is 6.33. The Kier molecular flexibility index (Phi) is 5.90. The van der Waals surface area contributed by atoms with Gasteiger partial charge in [-0.3, -0.25) is 4.79 Å². The molecular formula is C16H21ClN2O5.